The Morgan fingerprint density at radius 1 is 1.32 bits per heavy atom. The molecule has 0 spiro atoms. The topological polar surface area (TPSA) is 48.7 Å². The lowest BCUT2D eigenvalue weighted by molar-refractivity contribution is 0.228. The van der Waals surface area contributed by atoms with E-state index in [1.54, 1.807) is 7.05 Å². The quantitative estimate of drug-likeness (QED) is 0.596. The van der Waals surface area contributed by atoms with Crippen LogP contribution in [0.25, 0.3) is 0 Å². The molecule has 0 radical (unpaired) electrons. The van der Waals surface area contributed by atoms with Gasteiger partial charge >= 0.3 is 6.03 Å². The third-order valence-electron chi connectivity index (χ3n) is 2.68. The van der Waals surface area contributed by atoms with Crippen LogP contribution in [0.5, 0.6) is 0 Å². The lowest BCUT2D eigenvalue weighted by Gasteiger charge is -2.14. The number of unbranched alkanes of at least 4 members (excludes halogenated alkanes) is 1. The van der Waals surface area contributed by atoms with Gasteiger partial charge < -0.3 is 14.6 Å². The van der Waals surface area contributed by atoms with Crippen molar-refractivity contribution in [2.75, 3.05) is 27.7 Å². The molecule has 19 heavy (non-hydrogen) atoms. The number of hydrogen-bond acceptors (Lipinski definition) is 4. The molecule has 5 nitrogen and oxygen atoms in total. The van der Waals surface area contributed by atoms with E-state index in [0.717, 1.165) is 37.3 Å². The van der Waals surface area contributed by atoms with E-state index >= 15 is 0 Å². The Morgan fingerprint density at radius 2 is 2.00 bits per heavy atom. The number of nitrogens with one attached hydrogen (secondary N) is 1. The number of hydrogen-bond donors (Lipinski definition) is 2. The van der Waals surface area contributed by atoms with E-state index in [1.807, 2.05) is 26.2 Å². The summed E-state index contributed by atoms with van der Waals surface area (Å²) < 4.78 is 7.10. The van der Waals surface area contributed by atoms with Gasteiger partial charge in [-0.05, 0) is 39.1 Å². The minimum absolute atomic E-state index is 0.172. The minimum Gasteiger partial charge on any atom is -0.465 e. The van der Waals surface area contributed by atoms with Crippen molar-refractivity contribution in [2.24, 2.45) is 0 Å². The van der Waals surface area contributed by atoms with Crippen LogP contribution in [0, 0.1) is 0 Å². The van der Waals surface area contributed by atoms with Gasteiger partial charge in [0.05, 0.1) is 6.54 Å². The van der Waals surface area contributed by atoms with Crippen LogP contribution in [0.15, 0.2) is 16.5 Å². The molecule has 0 aliphatic carbocycles. The zero-order chi connectivity index (χ0) is 14.3. The molecule has 1 N–H and O–H groups in total. The summed E-state index contributed by atoms with van der Waals surface area (Å²) in [5.74, 6) is 1.99. The second-order valence-electron chi connectivity index (χ2n) is 4.74. The Labute approximate surface area is 120 Å². The summed E-state index contributed by atoms with van der Waals surface area (Å²) >= 11 is 4.10. The second-order valence-corrected chi connectivity index (χ2v) is 5.22. The lowest BCUT2D eigenvalue weighted by Crippen LogP contribution is -2.31. The third kappa shape index (κ3) is 6.02. The molecule has 0 bridgehead atoms. The van der Waals surface area contributed by atoms with E-state index in [1.165, 1.54) is 4.31 Å². The first-order valence-electron chi connectivity index (χ1n) is 6.43. The molecule has 0 fully saturated rings. The monoisotopic (exact) mass is 285 g/mol. The summed E-state index contributed by atoms with van der Waals surface area (Å²) in [6, 6.07) is 3.87. The number of carbonyl (C=O) groups is 1. The molecular weight excluding hydrogens is 262 g/mol. The van der Waals surface area contributed by atoms with Gasteiger partial charge in [0.2, 0.25) is 0 Å². The number of thiol groups is 1. The smallest absolute Gasteiger partial charge is 0.326 e. The van der Waals surface area contributed by atoms with Gasteiger partial charge in [0.15, 0.2) is 0 Å². The average molecular weight is 285 g/mol. The molecule has 0 aromatic carbocycles. The van der Waals surface area contributed by atoms with Crippen molar-refractivity contribution in [2.45, 2.75) is 25.8 Å². The highest BCUT2D eigenvalue weighted by atomic mass is 32.1. The van der Waals surface area contributed by atoms with Crippen molar-refractivity contribution in [3.63, 3.8) is 0 Å². The highest BCUT2D eigenvalue weighted by Gasteiger charge is 2.07. The van der Waals surface area contributed by atoms with E-state index < -0.39 is 0 Å². The Balaban J connectivity index is 2.22. The van der Waals surface area contributed by atoms with Crippen LogP contribution >= 0.6 is 12.8 Å². The van der Waals surface area contributed by atoms with Crippen molar-refractivity contribution in [3.05, 3.63) is 23.7 Å². The Bertz CT molecular complexity index is 393. The molecule has 108 valence electrons. The van der Waals surface area contributed by atoms with Crippen LogP contribution in [0.1, 0.15) is 24.4 Å². The highest BCUT2D eigenvalue weighted by molar-refractivity contribution is 7.78. The Morgan fingerprint density at radius 3 is 2.63 bits per heavy atom. The highest BCUT2D eigenvalue weighted by Crippen LogP contribution is 2.12. The van der Waals surface area contributed by atoms with Crippen molar-refractivity contribution in [1.82, 2.24) is 14.5 Å². The maximum Gasteiger partial charge on any atom is 0.326 e. The molecule has 1 rings (SSSR count). The molecule has 0 unspecified atom stereocenters. The van der Waals surface area contributed by atoms with Crippen molar-refractivity contribution < 1.29 is 9.21 Å². The van der Waals surface area contributed by atoms with Gasteiger partial charge in [0, 0.05) is 20.0 Å². The number of furan rings is 1. The van der Waals surface area contributed by atoms with Gasteiger partial charge in [-0.2, -0.15) is 0 Å². The van der Waals surface area contributed by atoms with Crippen molar-refractivity contribution in [3.8, 4) is 0 Å². The number of urea groups is 1. The lowest BCUT2D eigenvalue weighted by atomic mass is 10.2. The molecular formula is C13H23N3O2S. The third-order valence-corrected chi connectivity index (χ3v) is 3.06. The van der Waals surface area contributed by atoms with E-state index in [2.05, 4.69) is 23.0 Å². The van der Waals surface area contributed by atoms with Crippen LogP contribution in [-0.2, 0) is 13.0 Å². The molecule has 1 aromatic rings. The number of aryl methyl sites for hydroxylation is 1. The molecule has 0 aliphatic rings. The predicted octanol–water partition coefficient (Wildman–Crippen LogP) is 2.15. The first-order valence-corrected chi connectivity index (χ1v) is 6.83. The molecule has 0 saturated heterocycles. The maximum atomic E-state index is 11.2. The first-order chi connectivity index (χ1) is 9.02. The van der Waals surface area contributed by atoms with E-state index in [4.69, 9.17) is 4.42 Å². The van der Waals surface area contributed by atoms with Gasteiger partial charge in [-0.1, -0.05) is 12.8 Å². The van der Waals surface area contributed by atoms with E-state index in [0.29, 0.717) is 6.54 Å². The molecule has 0 atom stereocenters. The maximum absolute atomic E-state index is 11.2. The fourth-order valence-electron chi connectivity index (χ4n) is 1.74. The standard InChI is InChI=1S/C13H23N3O2S/c1-14-13(17)16(19)9-5-4-6-11-7-8-12(18-11)10-15(2)3/h7-8,19H,4-6,9-10H2,1-3H3,(H,14,17). The van der Waals surface area contributed by atoms with E-state index in [9.17, 15) is 4.79 Å². The first kappa shape index (κ1) is 15.9. The van der Waals surface area contributed by atoms with Crippen LogP contribution in [-0.4, -0.2) is 42.9 Å². The summed E-state index contributed by atoms with van der Waals surface area (Å²) in [4.78, 5) is 13.3. The van der Waals surface area contributed by atoms with Crippen molar-refractivity contribution in [1.29, 1.82) is 0 Å². The van der Waals surface area contributed by atoms with Gasteiger partial charge in [-0.25, -0.2) is 4.79 Å². The average Bonchev–Trinajstić information content (AvgIpc) is 2.80. The Hall–Kier alpha value is -1.14. The fraction of sp³-hybridized carbons (Fsp3) is 0.615. The number of nitrogens with zero attached hydrogens (tertiary/aromatic N) is 2. The number of rotatable bonds is 7. The van der Waals surface area contributed by atoms with Gasteiger partial charge in [-0.3, -0.25) is 4.31 Å². The summed E-state index contributed by atoms with van der Waals surface area (Å²) in [6.45, 7) is 1.45. The molecule has 0 saturated carbocycles. The Kier molecular flexibility index (Phi) is 6.80. The zero-order valence-electron chi connectivity index (χ0n) is 11.8. The zero-order valence-corrected chi connectivity index (χ0v) is 12.7. The molecule has 0 aliphatic heterocycles. The van der Waals surface area contributed by atoms with Crippen LogP contribution in [0.3, 0.4) is 0 Å². The molecule has 1 aromatic heterocycles. The molecule has 6 heteroatoms. The summed E-state index contributed by atoms with van der Waals surface area (Å²) in [5.41, 5.74) is 0. The SMILES string of the molecule is CNC(=O)N(S)CCCCc1ccc(CN(C)C)o1. The summed E-state index contributed by atoms with van der Waals surface area (Å²) in [7, 11) is 5.63. The fourth-order valence-corrected chi connectivity index (χ4v) is 1.99. The second kappa shape index (κ2) is 8.12. The summed E-state index contributed by atoms with van der Waals surface area (Å²) in [6.07, 6.45) is 2.77. The van der Waals surface area contributed by atoms with Crippen molar-refractivity contribution >= 4 is 18.8 Å². The van der Waals surface area contributed by atoms with Crippen LogP contribution in [0.4, 0.5) is 4.79 Å². The van der Waals surface area contributed by atoms with Gasteiger partial charge in [0.25, 0.3) is 0 Å². The largest absolute Gasteiger partial charge is 0.465 e. The predicted molar refractivity (Wildman–Crippen MR) is 79.2 cm³/mol. The number of carbonyl (C=O) groups excluding carboxylic acids is 1. The minimum atomic E-state index is -0.172. The van der Waals surface area contributed by atoms with Crippen LogP contribution in [0.2, 0.25) is 0 Å². The van der Waals surface area contributed by atoms with Crippen LogP contribution < -0.4 is 5.32 Å². The normalized spacial score (nSPS) is 10.8. The molecule has 2 amide bonds. The van der Waals surface area contributed by atoms with E-state index in [-0.39, 0.29) is 6.03 Å². The van der Waals surface area contributed by atoms with Gasteiger partial charge in [0.1, 0.15) is 11.5 Å². The van der Waals surface area contributed by atoms with Gasteiger partial charge in [-0.15, -0.1) is 0 Å². The number of amides is 2. The summed E-state index contributed by atoms with van der Waals surface area (Å²) in [5, 5.41) is 2.53. The molecule has 1 heterocycles.